The molecule has 0 amide bonds. The van der Waals surface area contributed by atoms with Crippen LogP contribution in [0.5, 0.6) is 0 Å². The molecule has 12 rings (SSSR count). The van der Waals surface area contributed by atoms with Gasteiger partial charge in [-0.05, 0) is 123 Å². The lowest BCUT2D eigenvalue weighted by Crippen LogP contribution is -2.13. The van der Waals surface area contributed by atoms with Crippen molar-refractivity contribution in [2.24, 2.45) is 0 Å². The third kappa shape index (κ3) is 4.12. The molecule has 8 aromatic rings. The third-order valence-electron chi connectivity index (χ3n) is 13.7. The maximum Gasteiger partial charge on any atom is 0.147 e. The molecule has 2 aromatic carbocycles. The van der Waals surface area contributed by atoms with E-state index >= 15 is 0 Å². The summed E-state index contributed by atoms with van der Waals surface area (Å²) in [6, 6.07) is 18.5. The van der Waals surface area contributed by atoms with Crippen LogP contribution >= 0.6 is 0 Å². The fourth-order valence-corrected chi connectivity index (χ4v) is 11.3. The Labute approximate surface area is 303 Å². The fraction of sp³-hybridized carbons (Fsp3) is 0.391. The average molecular weight is 681 g/mol. The molecule has 2 aliphatic carbocycles. The lowest BCUT2D eigenvalue weighted by molar-refractivity contribution is 0.445. The Hall–Kier alpha value is -4.84. The molecule has 0 unspecified atom stereocenters. The molecule has 52 heavy (non-hydrogen) atoms. The summed E-state index contributed by atoms with van der Waals surface area (Å²) in [4.78, 5) is 21.2. The summed E-state index contributed by atoms with van der Waals surface area (Å²) in [5.41, 5.74) is 18.4. The van der Waals surface area contributed by atoms with Gasteiger partial charge in [0.05, 0.1) is 33.5 Å². The van der Waals surface area contributed by atoms with Crippen molar-refractivity contribution in [2.75, 3.05) is 0 Å². The van der Waals surface area contributed by atoms with Crippen LogP contribution in [0.2, 0.25) is 0 Å². The smallest absolute Gasteiger partial charge is 0.147 e. The number of nitrogens with zero attached hydrogens (tertiary/aromatic N) is 6. The first-order valence-electron chi connectivity index (χ1n) is 20.3. The van der Waals surface area contributed by atoms with E-state index in [1.54, 1.807) is 0 Å². The van der Waals surface area contributed by atoms with Gasteiger partial charge < -0.3 is 0 Å². The molecule has 4 aliphatic rings. The Bertz CT molecular complexity index is 2580. The van der Waals surface area contributed by atoms with Crippen LogP contribution in [0.15, 0.2) is 60.9 Å². The largest absolute Gasteiger partial charge is 0.295 e. The van der Waals surface area contributed by atoms with E-state index in [9.17, 15) is 0 Å². The zero-order valence-electron chi connectivity index (χ0n) is 29.9. The van der Waals surface area contributed by atoms with Crippen molar-refractivity contribution in [1.82, 2.24) is 28.7 Å². The molecule has 6 aromatic heterocycles. The van der Waals surface area contributed by atoms with Crippen LogP contribution in [0.1, 0.15) is 121 Å². The van der Waals surface area contributed by atoms with Gasteiger partial charge in [0.2, 0.25) is 0 Å². The molecule has 2 fully saturated rings. The summed E-state index contributed by atoms with van der Waals surface area (Å²) in [7, 11) is 0. The van der Waals surface area contributed by atoms with E-state index in [2.05, 4.69) is 57.3 Å². The Morgan fingerprint density at radius 2 is 0.981 bits per heavy atom. The minimum absolute atomic E-state index is 0.618. The predicted molar refractivity (Wildman–Crippen MR) is 210 cm³/mol. The van der Waals surface area contributed by atoms with Gasteiger partial charge >= 0.3 is 0 Å². The average Bonchev–Trinajstić information content (AvgIpc) is 3.79. The highest BCUT2D eigenvalue weighted by Gasteiger charge is 2.30. The van der Waals surface area contributed by atoms with Gasteiger partial charge in [-0.15, -0.1) is 0 Å². The highest BCUT2D eigenvalue weighted by molar-refractivity contribution is 6.13. The third-order valence-corrected chi connectivity index (χ3v) is 13.7. The maximum atomic E-state index is 5.52. The van der Waals surface area contributed by atoms with Crippen molar-refractivity contribution in [3.8, 4) is 0 Å². The Morgan fingerprint density at radius 1 is 0.519 bits per heavy atom. The predicted octanol–water partition coefficient (Wildman–Crippen LogP) is 10.5. The van der Waals surface area contributed by atoms with Crippen LogP contribution in [-0.4, -0.2) is 28.7 Å². The molecule has 8 heterocycles. The lowest BCUT2D eigenvalue weighted by Gasteiger charge is -2.26. The molecular weight excluding hydrogens is 637 g/mol. The van der Waals surface area contributed by atoms with Gasteiger partial charge in [-0.3, -0.25) is 18.8 Å². The van der Waals surface area contributed by atoms with E-state index in [4.69, 9.17) is 19.9 Å². The zero-order chi connectivity index (χ0) is 33.9. The normalized spacial score (nSPS) is 18.1. The topological polar surface area (TPSA) is 60.4 Å². The molecular formula is C46H44N6. The van der Waals surface area contributed by atoms with Crippen LogP contribution < -0.4 is 0 Å². The lowest BCUT2D eigenvalue weighted by atomic mass is 9.81. The van der Waals surface area contributed by atoms with E-state index in [1.807, 2.05) is 12.4 Å². The summed E-state index contributed by atoms with van der Waals surface area (Å²) >= 11 is 0. The first kappa shape index (κ1) is 29.7. The summed E-state index contributed by atoms with van der Waals surface area (Å²) in [6.07, 6.45) is 23.1. The van der Waals surface area contributed by atoms with Crippen LogP contribution in [0, 0.1) is 0 Å². The van der Waals surface area contributed by atoms with Gasteiger partial charge in [-0.2, -0.15) is 0 Å². The van der Waals surface area contributed by atoms with Crippen molar-refractivity contribution in [3.63, 3.8) is 0 Å². The maximum absolute atomic E-state index is 5.52. The molecule has 2 aliphatic heterocycles. The zero-order valence-corrected chi connectivity index (χ0v) is 29.9. The standard InChI is InChI=1S/C46H44N6/c1-3-9-27(10-4-1)31-19-15-29-17-23-37-35(49-45-33-13-7-25-47-41(33)39(31)43(29)51(37)45)21-22-36-38-24-18-30-16-20-32(28-11-5-2-6-12-28)40-42-34(14-8-26-48-42)46(50-36)52(38)44(30)40/h7-8,13-16,19-20,25-28H,1-6,9-12,17-18,21-24H2. The molecule has 0 bridgehead atoms. The van der Waals surface area contributed by atoms with Gasteiger partial charge in [0.1, 0.15) is 11.3 Å². The van der Waals surface area contributed by atoms with Gasteiger partial charge in [-0.25, -0.2) is 9.97 Å². The number of aromatic nitrogens is 6. The van der Waals surface area contributed by atoms with Crippen molar-refractivity contribution >= 4 is 54.9 Å². The molecule has 0 atom stereocenters. The van der Waals surface area contributed by atoms with E-state index in [0.29, 0.717) is 11.8 Å². The van der Waals surface area contributed by atoms with Gasteiger partial charge in [0, 0.05) is 45.3 Å². The second-order valence-electron chi connectivity index (χ2n) is 16.4. The quantitative estimate of drug-likeness (QED) is 0.170. The highest BCUT2D eigenvalue weighted by Crippen LogP contribution is 2.45. The first-order valence-corrected chi connectivity index (χ1v) is 20.3. The molecule has 0 N–H and O–H groups in total. The van der Waals surface area contributed by atoms with E-state index in [1.165, 1.54) is 142 Å². The van der Waals surface area contributed by atoms with Crippen molar-refractivity contribution in [3.05, 3.63) is 106 Å². The number of aryl methyl sites for hydroxylation is 6. The summed E-state index contributed by atoms with van der Waals surface area (Å²) in [5, 5.41) is 5.15. The number of imidazole rings is 2. The Kier molecular flexibility index (Phi) is 6.47. The number of hydrogen-bond donors (Lipinski definition) is 0. The van der Waals surface area contributed by atoms with Crippen LogP contribution in [0.3, 0.4) is 0 Å². The molecule has 0 saturated heterocycles. The van der Waals surface area contributed by atoms with Crippen LogP contribution in [-0.2, 0) is 38.5 Å². The molecule has 6 heteroatoms. The Morgan fingerprint density at radius 3 is 1.44 bits per heavy atom. The Balaban J connectivity index is 1.02. The van der Waals surface area contributed by atoms with Crippen molar-refractivity contribution < 1.29 is 0 Å². The van der Waals surface area contributed by atoms with Gasteiger partial charge in [0.15, 0.2) is 0 Å². The number of hydrogen-bond acceptors (Lipinski definition) is 4. The fourth-order valence-electron chi connectivity index (χ4n) is 11.3. The molecule has 0 radical (unpaired) electrons. The summed E-state index contributed by atoms with van der Waals surface area (Å²) in [6.45, 7) is 0. The van der Waals surface area contributed by atoms with Crippen LogP contribution in [0.25, 0.3) is 54.9 Å². The second kappa shape index (κ2) is 11.3. The van der Waals surface area contributed by atoms with Crippen molar-refractivity contribution in [1.29, 1.82) is 0 Å². The second-order valence-corrected chi connectivity index (χ2v) is 16.4. The molecule has 0 spiro atoms. The first-order chi connectivity index (χ1) is 25.8. The molecule has 2 saturated carbocycles. The van der Waals surface area contributed by atoms with Gasteiger partial charge in [-0.1, -0.05) is 62.8 Å². The molecule has 258 valence electrons. The van der Waals surface area contributed by atoms with Gasteiger partial charge in [0.25, 0.3) is 0 Å². The number of pyridine rings is 4. The molecule has 6 nitrogen and oxygen atoms in total. The number of fused-ring (bicyclic) bond motifs is 6. The summed E-state index contributed by atoms with van der Waals surface area (Å²) < 4.78 is 5.11. The number of benzene rings is 2. The minimum atomic E-state index is 0.618. The van der Waals surface area contributed by atoms with E-state index in [-0.39, 0.29) is 0 Å². The monoisotopic (exact) mass is 680 g/mol. The highest BCUT2D eigenvalue weighted by atomic mass is 15.1. The van der Waals surface area contributed by atoms with E-state index in [0.717, 1.165) is 60.9 Å². The number of rotatable bonds is 5. The van der Waals surface area contributed by atoms with Crippen LogP contribution in [0.4, 0.5) is 0 Å². The SMILES string of the molecule is c1cnc2c(c1)c1nc(CCc3nc4c5cccnc5c5c(C6CCCCC6)ccc6c5n4c3CC6)c3n1c1c(ccc(C4CCCCC4)c21)CC3. The van der Waals surface area contributed by atoms with E-state index < -0.39 is 0 Å². The van der Waals surface area contributed by atoms with Crippen molar-refractivity contribution in [2.45, 2.75) is 115 Å². The summed E-state index contributed by atoms with van der Waals surface area (Å²) in [5.74, 6) is 1.24. The minimum Gasteiger partial charge on any atom is -0.295 e.